The van der Waals surface area contributed by atoms with E-state index in [1.165, 1.54) is 0 Å². The molecule has 0 heterocycles. The second kappa shape index (κ2) is 7.55. The van der Waals surface area contributed by atoms with Gasteiger partial charge in [-0.05, 0) is 42.8 Å². The zero-order valence-corrected chi connectivity index (χ0v) is 13.2. The Kier molecular flexibility index (Phi) is 5.74. The van der Waals surface area contributed by atoms with Crippen molar-refractivity contribution in [2.75, 3.05) is 13.7 Å². The van der Waals surface area contributed by atoms with E-state index in [0.717, 1.165) is 17.5 Å². The highest BCUT2D eigenvalue weighted by Crippen LogP contribution is 2.30. The summed E-state index contributed by atoms with van der Waals surface area (Å²) in [5.41, 5.74) is 7.55. The number of hydrogen-bond acceptors (Lipinski definition) is 3. The van der Waals surface area contributed by atoms with Crippen LogP contribution in [0, 0.1) is 0 Å². The second-order valence-electron chi connectivity index (χ2n) is 4.55. The van der Waals surface area contributed by atoms with E-state index >= 15 is 0 Å². The number of ether oxygens (including phenoxy) is 2. The van der Waals surface area contributed by atoms with Crippen molar-refractivity contribution in [2.45, 2.75) is 13.0 Å². The molecule has 2 aromatic rings. The van der Waals surface area contributed by atoms with Crippen LogP contribution in [0.5, 0.6) is 11.5 Å². The number of rotatable bonds is 6. The fourth-order valence-corrected chi connectivity index (χ4v) is 2.41. The van der Waals surface area contributed by atoms with Gasteiger partial charge in [-0.15, -0.1) is 0 Å². The molecule has 0 aliphatic carbocycles. The quantitative estimate of drug-likeness (QED) is 0.870. The molecule has 112 valence electrons. The third kappa shape index (κ3) is 4.27. The molecule has 21 heavy (non-hydrogen) atoms. The van der Waals surface area contributed by atoms with Crippen molar-refractivity contribution in [1.29, 1.82) is 0 Å². The molecule has 0 saturated heterocycles. The number of halogens is 2. The van der Waals surface area contributed by atoms with Gasteiger partial charge in [-0.1, -0.05) is 35.3 Å². The molecule has 0 amide bonds. The minimum absolute atomic E-state index is 0.346. The molecule has 5 heteroatoms. The van der Waals surface area contributed by atoms with Crippen LogP contribution in [-0.2, 0) is 13.0 Å². The Morgan fingerprint density at radius 2 is 1.86 bits per heavy atom. The van der Waals surface area contributed by atoms with E-state index in [0.29, 0.717) is 34.7 Å². The minimum Gasteiger partial charge on any atom is -0.493 e. The van der Waals surface area contributed by atoms with Crippen LogP contribution in [0.2, 0.25) is 10.0 Å². The van der Waals surface area contributed by atoms with Crippen molar-refractivity contribution in [3.63, 3.8) is 0 Å². The Bertz CT molecular complexity index is 617. The Morgan fingerprint density at radius 3 is 2.52 bits per heavy atom. The Morgan fingerprint density at radius 1 is 1.05 bits per heavy atom. The number of methoxy groups -OCH3 is 1. The number of nitrogens with two attached hydrogens (primary N) is 1. The van der Waals surface area contributed by atoms with Crippen molar-refractivity contribution >= 4 is 23.2 Å². The molecule has 0 radical (unpaired) electrons. The van der Waals surface area contributed by atoms with E-state index in [-0.39, 0.29) is 0 Å². The van der Waals surface area contributed by atoms with Crippen molar-refractivity contribution in [3.05, 3.63) is 57.6 Å². The lowest BCUT2D eigenvalue weighted by Crippen LogP contribution is -2.04. The fraction of sp³-hybridized carbons (Fsp3) is 0.250. The molecule has 2 aromatic carbocycles. The van der Waals surface area contributed by atoms with E-state index in [1.807, 2.05) is 24.3 Å². The maximum absolute atomic E-state index is 6.14. The summed E-state index contributed by atoms with van der Waals surface area (Å²) in [4.78, 5) is 0. The third-order valence-electron chi connectivity index (χ3n) is 3.06. The molecule has 0 saturated carbocycles. The smallest absolute Gasteiger partial charge is 0.161 e. The van der Waals surface area contributed by atoms with Gasteiger partial charge in [0, 0.05) is 15.6 Å². The SMILES string of the molecule is COc1ccc(CCN)cc1OCc1ccc(Cl)cc1Cl. The topological polar surface area (TPSA) is 44.5 Å². The average Bonchev–Trinajstić information content (AvgIpc) is 2.47. The Balaban J connectivity index is 2.16. The summed E-state index contributed by atoms with van der Waals surface area (Å²) in [5, 5.41) is 1.19. The monoisotopic (exact) mass is 325 g/mol. The van der Waals surface area contributed by atoms with E-state index in [9.17, 15) is 0 Å². The van der Waals surface area contributed by atoms with Crippen LogP contribution in [0.15, 0.2) is 36.4 Å². The molecule has 3 nitrogen and oxygen atoms in total. The van der Waals surface area contributed by atoms with Crippen molar-refractivity contribution < 1.29 is 9.47 Å². The molecule has 2 rings (SSSR count). The van der Waals surface area contributed by atoms with Crippen LogP contribution in [-0.4, -0.2) is 13.7 Å². The number of benzene rings is 2. The maximum Gasteiger partial charge on any atom is 0.161 e. The predicted molar refractivity (Wildman–Crippen MR) is 86.5 cm³/mol. The van der Waals surface area contributed by atoms with Crippen molar-refractivity contribution in [1.82, 2.24) is 0 Å². The second-order valence-corrected chi connectivity index (χ2v) is 5.39. The summed E-state index contributed by atoms with van der Waals surface area (Å²) in [5.74, 6) is 1.36. The highest BCUT2D eigenvalue weighted by Gasteiger charge is 2.08. The lowest BCUT2D eigenvalue weighted by molar-refractivity contribution is 0.284. The largest absolute Gasteiger partial charge is 0.493 e. The number of hydrogen-bond donors (Lipinski definition) is 1. The molecular weight excluding hydrogens is 309 g/mol. The van der Waals surface area contributed by atoms with E-state index in [4.69, 9.17) is 38.4 Å². The predicted octanol–water partition coefficient (Wildman–Crippen LogP) is 4.08. The van der Waals surface area contributed by atoms with Gasteiger partial charge in [0.05, 0.1) is 7.11 Å². The molecular formula is C16H17Cl2NO2. The van der Waals surface area contributed by atoms with Gasteiger partial charge in [0.15, 0.2) is 11.5 Å². The summed E-state index contributed by atoms with van der Waals surface area (Å²) in [7, 11) is 1.61. The van der Waals surface area contributed by atoms with Crippen molar-refractivity contribution in [3.8, 4) is 11.5 Å². The molecule has 0 fully saturated rings. The van der Waals surface area contributed by atoms with Gasteiger partial charge in [-0.3, -0.25) is 0 Å². The fourth-order valence-electron chi connectivity index (χ4n) is 1.95. The van der Waals surface area contributed by atoms with Gasteiger partial charge >= 0.3 is 0 Å². The van der Waals surface area contributed by atoms with Crippen LogP contribution in [0.4, 0.5) is 0 Å². The van der Waals surface area contributed by atoms with E-state index < -0.39 is 0 Å². The lowest BCUT2D eigenvalue weighted by Gasteiger charge is -2.13. The highest BCUT2D eigenvalue weighted by molar-refractivity contribution is 6.35. The first-order valence-electron chi connectivity index (χ1n) is 6.57. The van der Waals surface area contributed by atoms with Crippen LogP contribution >= 0.6 is 23.2 Å². The molecule has 0 spiro atoms. The zero-order valence-electron chi connectivity index (χ0n) is 11.7. The summed E-state index contributed by atoms with van der Waals surface area (Å²) in [6.07, 6.45) is 0.794. The molecule has 0 aliphatic rings. The first-order valence-corrected chi connectivity index (χ1v) is 7.33. The summed E-state index contributed by atoms with van der Waals surface area (Å²) in [6.45, 7) is 0.938. The zero-order chi connectivity index (χ0) is 15.2. The molecule has 0 unspecified atom stereocenters. The Labute approximate surface area is 134 Å². The van der Waals surface area contributed by atoms with Crippen LogP contribution in [0.25, 0.3) is 0 Å². The van der Waals surface area contributed by atoms with Gasteiger partial charge in [0.1, 0.15) is 6.61 Å². The minimum atomic E-state index is 0.346. The Hall–Kier alpha value is -1.42. The van der Waals surface area contributed by atoms with Gasteiger partial charge < -0.3 is 15.2 Å². The third-order valence-corrected chi connectivity index (χ3v) is 3.65. The first-order chi connectivity index (χ1) is 10.1. The summed E-state index contributed by atoms with van der Waals surface area (Å²) >= 11 is 12.0. The van der Waals surface area contributed by atoms with Gasteiger partial charge in [0.25, 0.3) is 0 Å². The van der Waals surface area contributed by atoms with Crippen molar-refractivity contribution in [2.24, 2.45) is 5.73 Å². The average molecular weight is 326 g/mol. The van der Waals surface area contributed by atoms with Crippen LogP contribution < -0.4 is 15.2 Å². The molecule has 0 aromatic heterocycles. The molecule has 0 bridgehead atoms. The normalized spacial score (nSPS) is 10.5. The summed E-state index contributed by atoms with van der Waals surface area (Å²) in [6, 6.07) is 11.1. The first kappa shape index (κ1) is 16.0. The van der Waals surface area contributed by atoms with E-state index in [2.05, 4.69) is 0 Å². The molecule has 0 atom stereocenters. The maximum atomic E-state index is 6.14. The van der Waals surface area contributed by atoms with Gasteiger partial charge in [-0.2, -0.15) is 0 Å². The standard InChI is InChI=1S/C16H17Cl2NO2/c1-20-15-5-2-11(6-7-19)8-16(15)21-10-12-3-4-13(17)9-14(12)18/h2-5,8-9H,6-7,10,19H2,1H3. The van der Waals surface area contributed by atoms with Crippen LogP contribution in [0.1, 0.15) is 11.1 Å². The molecule has 2 N–H and O–H groups in total. The highest BCUT2D eigenvalue weighted by atomic mass is 35.5. The van der Waals surface area contributed by atoms with E-state index in [1.54, 1.807) is 19.2 Å². The molecule has 0 aliphatic heterocycles. The van der Waals surface area contributed by atoms with Crippen LogP contribution in [0.3, 0.4) is 0 Å². The lowest BCUT2D eigenvalue weighted by atomic mass is 10.1. The van der Waals surface area contributed by atoms with Gasteiger partial charge in [-0.25, -0.2) is 0 Å². The summed E-state index contributed by atoms with van der Waals surface area (Å²) < 4.78 is 11.1. The van der Waals surface area contributed by atoms with Gasteiger partial charge in [0.2, 0.25) is 0 Å².